The van der Waals surface area contributed by atoms with Gasteiger partial charge in [-0.2, -0.15) is 0 Å². The number of piperazine rings is 2. The first-order valence-corrected chi connectivity index (χ1v) is 6.61. The molecule has 94 valence electrons. The lowest BCUT2D eigenvalue weighted by atomic mass is 10.2. The Labute approximate surface area is 99.6 Å². The summed E-state index contributed by atoms with van der Waals surface area (Å²) >= 11 is 0. The minimum atomic E-state index is 0.709. The van der Waals surface area contributed by atoms with Gasteiger partial charge in [-0.05, 0) is 14.0 Å². The maximum Gasteiger partial charge on any atom is 0.0193 e. The van der Waals surface area contributed by atoms with Crippen molar-refractivity contribution in [1.29, 1.82) is 0 Å². The number of nitrogens with zero attached hydrogens (tertiary/aromatic N) is 3. The Balaban J connectivity index is 1.66. The second-order valence-electron chi connectivity index (χ2n) is 5.23. The summed E-state index contributed by atoms with van der Waals surface area (Å²) in [6.45, 7) is 13.3. The maximum absolute atomic E-state index is 3.45. The van der Waals surface area contributed by atoms with Gasteiger partial charge in [0.05, 0.1) is 0 Å². The van der Waals surface area contributed by atoms with E-state index in [1.165, 1.54) is 45.8 Å². The molecule has 2 rings (SSSR count). The predicted molar refractivity (Wildman–Crippen MR) is 67.8 cm³/mol. The Morgan fingerprint density at radius 3 is 2.50 bits per heavy atom. The Morgan fingerprint density at radius 1 is 1.06 bits per heavy atom. The predicted octanol–water partition coefficient (Wildman–Crippen LogP) is -0.472. The summed E-state index contributed by atoms with van der Waals surface area (Å²) in [5.41, 5.74) is 0. The molecule has 4 heteroatoms. The van der Waals surface area contributed by atoms with Crippen LogP contribution in [0.3, 0.4) is 0 Å². The minimum absolute atomic E-state index is 0.709. The molecule has 0 aliphatic carbocycles. The van der Waals surface area contributed by atoms with Crippen LogP contribution in [0.4, 0.5) is 0 Å². The Morgan fingerprint density at radius 2 is 1.81 bits per heavy atom. The van der Waals surface area contributed by atoms with Crippen LogP contribution in [0.1, 0.15) is 6.92 Å². The van der Waals surface area contributed by atoms with Gasteiger partial charge in [-0.15, -0.1) is 0 Å². The summed E-state index contributed by atoms with van der Waals surface area (Å²) in [7, 11) is 2.22. The van der Waals surface area contributed by atoms with Gasteiger partial charge in [-0.3, -0.25) is 9.80 Å². The highest BCUT2D eigenvalue weighted by molar-refractivity contribution is 4.78. The van der Waals surface area contributed by atoms with Crippen molar-refractivity contribution < 1.29 is 0 Å². The molecule has 0 radical (unpaired) electrons. The average molecular weight is 226 g/mol. The van der Waals surface area contributed by atoms with E-state index in [0.717, 1.165) is 13.1 Å². The molecule has 2 heterocycles. The second kappa shape index (κ2) is 5.96. The van der Waals surface area contributed by atoms with E-state index in [1.54, 1.807) is 0 Å². The van der Waals surface area contributed by atoms with Crippen LogP contribution in [0.25, 0.3) is 0 Å². The number of rotatable bonds is 3. The maximum atomic E-state index is 3.45. The van der Waals surface area contributed by atoms with Gasteiger partial charge in [0, 0.05) is 64.9 Å². The van der Waals surface area contributed by atoms with E-state index in [2.05, 4.69) is 34.0 Å². The first kappa shape index (κ1) is 12.3. The molecule has 0 aromatic heterocycles. The van der Waals surface area contributed by atoms with Crippen LogP contribution in [-0.2, 0) is 0 Å². The van der Waals surface area contributed by atoms with Crippen LogP contribution in [0.2, 0.25) is 0 Å². The summed E-state index contributed by atoms with van der Waals surface area (Å²) in [6, 6.07) is 0.709. The van der Waals surface area contributed by atoms with Gasteiger partial charge in [0.2, 0.25) is 0 Å². The fraction of sp³-hybridized carbons (Fsp3) is 1.00. The highest BCUT2D eigenvalue weighted by atomic mass is 15.3. The Kier molecular flexibility index (Phi) is 4.58. The van der Waals surface area contributed by atoms with Gasteiger partial charge >= 0.3 is 0 Å². The van der Waals surface area contributed by atoms with Gasteiger partial charge in [0.1, 0.15) is 0 Å². The van der Waals surface area contributed by atoms with Crippen LogP contribution >= 0.6 is 0 Å². The molecule has 4 nitrogen and oxygen atoms in total. The second-order valence-corrected chi connectivity index (χ2v) is 5.23. The topological polar surface area (TPSA) is 21.8 Å². The van der Waals surface area contributed by atoms with E-state index in [9.17, 15) is 0 Å². The third kappa shape index (κ3) is 3.42. The Hall–Kier alpha value is -0.160. The summed E-state index contributed by atoms with van der Waals surface area (Å²) in [5, 5.41) is 3.45. The third-order valence-electron chi connectivity index (χ3n) is 3.94. The lowest BCUT2D eigenvalue weighted by molar-refractivity contribution is 0.113. The zero-order valence-electron chi connectivity index (χ0n) is 10.8. The van der Waals surface area contributed by atoms with Crippen molar-refractivity contribution >= 4 is 0 Å². The summed E-state index contributed by atoms with van der Waals surface area (Å²) in [5.74, 6) is 0. The zero-order valence-corrected chi connectivity index (χ0v) is 10.8. The van der Waals surface area contributed by atoms with Crippen molar-refractivity contribution in [2.24, 2.45) is 0 Å². The monoisotopic (exact) mass is 226 g/mol. The van der Waals surface area contributed by atoms with Gasteiger partial charge in [0.15, 0.2) is 0 Å². The molecule has 0 spiro atoms. The van der Waals surface area contributed by atoms with E-state index in [0.29, 0.717) is 6.04 Å². The molecule has 0 unspecified atom stereocenters. The summed E-state index contributed by atoms with van der Waals surface area (Å²) in [4.78, 5) is 7.65. The van der Waals surface area contributed by atoms with Crippen molar-refractivity contribution in [2.45, 2.75) is 13.0 Å². The van der Waals surface area contributed by atoms with Gasteiger partial charge in [-0.1, -0.05) is 0 Å². The van der Waals surface area contributed by atoms with Crippen LogP contribution in [0, 0.1) is 0 Å². The molecule has 1 N–H and O–H groups in total. The van der Waals surface area contributed by atoms with E-state index in [4.69, 9.17) is 0 Å². The number of hydrogen-bond donors (Lipinski definition) is 1. The van der Waals surface area contributed by atoms with Crippen molar-refractivity contribution in [3.8, 4) is 0 Å². The van der Waals surface area contributed by atoms with Gasteiger partial charge in [-0.25, -0.2) is 0 Å². The fourth-order valence-electron chi connectivity index (χ4n) is 2.56. The quantitative estimate of drug-likeness (QED) is 0.702. The first-order chi connectivity index (χ1) is 7.75. The molecule has 1 atom stereocenters. The van der Waals surface area contributed by atoms with Crippen LogP contribution in [0.15, 0.2) is 0 Å². The average Bonchev–Trinajstić information content (AvgIpc) is 2.30. The molecule has 2 saturated heterocycles. The molecule has 2 aliphatic heterocycles. The van der Waals surface area contributed by atoms with Gasteiger partial charge < -0.3 is 10.2 Å². The van der Waals surface area contributed by atoms with Crippen molar-refractivity contribution in [3.63, 3.8) is 0 Å². The third-order valence-corrected chi connectivity index (χ3v) is 3.94. The molecular weight excluding hydrogens is 200 g/mol. The lowest BCUT2D eigenvalue weighted by Gasteiger charge is -2.37. The van der Waals surface area contributed by atoms with Crippen LogP contribution in [-0.4, -0.2) is 86.7 Å². The van der Waals surface area contributed by atoms with E-state index >= 15 is 0 Å². The molecule has 0 saturated carbocycles. The summed E-state index contributed by atoms with van der Waals surface area (Å²) in [6.07, 6.45) is 0. The minimum Gasteiger partial charge on any atom is -0.314 e. The highest BCUT2D eigenvalue weighted by Gasteiger charge is 2.19. The van der Waals surface area contributed by atoms with Crippen molar-refractivity contribution in [2.75, 3.05) is 66.0 Å². The smallest absolute Gasteiger partial charge is 0.0193 e. The Bertz CT molecular complexity index is 201. The van der Waals surface area contributed by atoms with Crippen LogP contribution in [0.5, 0.6) is 0 Å². The lowest BCUT2D eigenvalue weighted by Crippen LogP contribution is -2.53. The molecule has 0 aromatic carbocycles. The molecule has 0 amide bonds. The molecule has 16 heavy (non-hydrogen) atoms. The van der Waals surface area contributed by atoms with Crippen LogP contribution < -0.4 is 5.32 Å². The van der Waals surface area contributed by atoms with E-state index in [-0.39, 0.29) is 0 Å². The molecular formula is C12H26N4. The number of nitrogens with one attached hydrogen (secondary N) is 1. The normalized spacial score (nSPS) is 30.8. The standard InChI is InChI=1S/C12H26N4/c1-12-11-13-3-4-16(12)10-9-15-7-5-14(2)6-8-15/h12-13H,3-11H2,1-2H3/t12-/m0/s1. The summed E-state index contributed by atoms with van der Waals surface area (Å²) < 4.78 is 0. The molecule has 2 fully saturated rings. The number of likely N-dealkylation sites (N-methyl/N-ethyl adjacent to an activating group) is 1. The largest absolute Gasteiger partial charge is 0.314 e. The SMILES string of the molecule is C[C@H]1CNCCN1CCN1CCN(C)CC1. The first-order valence-electron chi connectivity index (χ1n) is 6.61. The zero-order chi connectivity index (χ0) is 11.4. The van der Waals surface area contributed by atoms with Crippen molar-refractivity contribution in [1.82, 2.24) is 20.0 Å². The van der Waals surface area contributed by atoms with E-state index < -0.39 is 0 Å². The number of hydrogen-bond acceptors (Lipinski definition) is 4. The van der Waals surface area contributed by atoms with Crippen molar-refractivity contribution in [3.05, 3.63) is 0 Å². The van der Waals surface area contributed by atoms with Gasteiger partial charge in [0.25, 0.3) is 0 Å². The van der Waals surface area contributed by atoms with E-state index in [1.807, 2.05) is 0 Å². The molecule has 0 aromatic rings. The molecule has 0 bridgehead atoms. The highest BCUT2D eigenvalue weighted by Crippen LogP contribution is 2.04. The fourth-order valence-corrected chi connectivity index (χ4v) is 2.56. The molecule has 2 aliphatic rings.